The van der Waals surface area contributed by atoms with Gasteiger partial charge in [0.05, 0.1) is 11.6 Å². The molecule has 1 saturated heterocycles. The molecule has 0 aromatic carbocycles. The maximum atomic E-state index is 8.84. The van der Waals surface area contributed by atoms with Crippen molar-refractivity contribution in [3.05, 3.63) is 22.8 Å². The first kappa shape index (κ1) is 13.1. The Morgan fingerprint density at radius 2 is 2.11 bits per heavy atom. The number of pyridine rings is 1. The van der Waals surface area contributed by atoms with E-state index in [-0.39, 0.29) is 0 Å². The van der Waals surface area contributed by atoms with E-state index in [2.05, 4.69) is 21.3 Å². The highest BCUT2D eigenvalue weighted by atomic mass is 35.5. The standard InChI is InChI=1S/C13H17ClN4/c14-12-8-11(10-15)9-13(17-12)16-4-7-18-5-2-1-3-6-18/h8-9H,1-7H2,(H,16,17). The fourth-order valence-electron chi connectivity index (χ4n) is 2.18. The minimum absolute atomic E-state index is 0.356. The Balaban J connectivity index is 1.82. The molecule has 4 nitrogen and oxygen atoms in total. The van der Waals surface area contributed by atoms with Crippen molar-refractivity contribution in [3.8, 4) is 6.07 Å². The van der Waals surface area contributed by atoms with Crippen molar-refractivity contribution >= 4 is 17.4 Å². The topological polar surface area (TPSA) is 52.0 Å². The molecule has 1 aromatic rings. The van der Waals surface area contributed by atoms with E-state index < -0.39 is 0 Å². The number of hydrogen-bond acceptors (Lipinski definition) is 4. The summed E-state index contributed by atoms with van der Waals surface area (Å²) in [6.07, 6.45) is 3.95. The maximum absolute atomic E-state index is 8.84. The maximum Gasteiger partial charge on any atom is 0.132 e. The number of nitrogens with one attached hydrogen (secondary N) is 1. The minimum Gasteiger partial charge on any atom is -0.369 e. The lowest BCUT2D eigenvalue weighted by molar-refractivity contribution is 0.237. The summed E-state index contributed by atoms with van der Waals surface area (Å²) in [5, 5.41) is 12.4. The first-order valence-electron chi connectivity index (χ1n) is 6.32. The number of hydrogen-bond donors (Lipinski definition) is 1. The van der Waals surface area contributed by atoms with Gasteiger partial charge in [0.25, 0.3) is 0 Å². The average molecular weight is 265 g/mol. The van der Waals surface area contributed by atoms with Crippen LogP contribution in [0.1, 0.15) is 24.8 Å². The van der Waals surface area contributed by atoms with E-state index in [1.807, 2.05) is 0 Å². The van der Waals surface area contributed by atoms with E-state index in [0.29, 0.717) is 16.5 Å². The van der Waals surface area contributed by atoms with E-state index in [1.54, 1.807) is 12.1 Å². The minimum atomic E-state index is 0.356. The molecule has 0 saturated carbocycles. The van der Waals surface area contributed by atoms with Gasteiger partial charge in [0.2, 0.25) is 0 Å². The van der Waals surface area contributed by atoms with Crippen molar-refractivity contribution < 1.29 is 0 Å². The van der Waals surface area contributed by atoms with Crippen molar-refractivity contribution in [2.24, 2.45) is 0 Å². The average Bonchev–Trinajstić information content (AvgIpc) is 2.39. The lowest BCUT2D eigenvalue weighted by Crippen LogP contribution is -2.33. The molecule has 5 heteroatoms. The van der Waals surface area contributed by atoms with Gasteiger partial charge in [-0.05, 0) is 38.1 Å². The molecule has 96 valence electrons. The summed E-state index contributed by atoms with van der Waals surface area (Å²) >= 11 is 5.84. The number of nitriles is 1. The summed E-state index contributed by atoms with van der Waals surface area (Å²) in [7, 11) is 0. The summed E-state index contributed by atoms with van der Waals surface area (Å²) in [5.74, 6) is 0.677. The molecule has 18 heavy (non-hydrogen) atoms. The van der Waals surface area contributed by atoms with E-state index in [1.165, 1.54) is 32.4 Å². The van der Waals surface area contributed by atoms with Crippen LogP contribution >= 0.6 is 11.6 Å². The van der Waals surface area contributed by atoms with E-state index in [4.69, 9.17) is 16.9 Å². The van der Waals surface area contributed by atoms with Crippen LogP contribution in [0.2, 0.25) is 5.15 Å². The molecular weight excluding hydrogens is 248 g/mol. The number of likely N-dealkylation sites (tertiary alicyclic amines) is 1. The van der Waals surface area contributed by atoms with Gasteiger partial charge in [0, 0.05) is 13.1 Å². The normalized spacial score (nSPS) is 16.2. The van der Waals surface area contributed by atoms with Crippen LogP contribution in [0, 0.1) is 11.3 Å². The largest absolute Gasteiger partial charge is 0.369 e. The highest BCUT2D eigenvalue weighted by molar-refractivity contribution is 6.29. The van der Waals surface area contributed by atoms with Gasteiger partial charge in [0.1, 0.15) is 11.0 Å². The number of piperidine rings is 1. The monoisotopic (exact) mass is 264 g/mol. The summed E-state index contributed by atoms with van der Waals surface area (Å²) in [5.41, 5.74) is 0.537. The zero-order chi connectivity index (χ0) is 12.8. The molecule has 1 aliphatic heterocycles. The number of halogens is 1. The first-order valence-corrected chi connectivity index (χ1v) is 6.69. The quantitative estimate of drug-likeness (QED) is 0.849. The van der Waals surface area contributed by atoms with E-state index >= 15 is 0 Å². The Morgan fingerprint density at radius 1 is 1.33 bits per heavy atom. The fraction of sp³-hybridized carbons (Fsp3) is 0.538. The Kier molecular flexibility index (Phi) is 4.80. The molecule has 0 radical (unpaired) electrons. The van der Waals surface area contributed by atoms with Crippen LogP contribution < -0.4 is 5.32 Å². The predicted octanol–water partition coefficient (Wildman–Crippen LogP) is 2.50. The molecule has 0 unspecified atom stereocenters. The van der Waals surface area contributed by atoms with Crippen molar-refractivity contribution in [2.75, 3.05) is 31.5 Å². The van der Waals surface area contributed by atoms with Crippen LogP contribution in [-0.4, -0.2) is 36.1 Å². The molecule has 1 fully saturated rings. The second-order valence-electron chi connectivity index (χ2n) is 4.50. The third-order valence-corrected chi connectivity index (χ3v) is 3.30. The second kappa shape index (κ2) is 6.58. The van der Waals surface area contributed by atoms with Gasteiger partial charge in [-0.2, -0.15) is 5.26 Å². The molecule has 0 spiro atoms. The highest BCUT2D eigenvalue weighted by Crippen LogP contribution is 2.14. The van der Waals surface area contributed by atoms with Gasteiger partial charge in [-0.25, -0.2) is 4.98 Å². The molecule has 2 rings (SSSR count). The summed E-state index contributed by atoms with van der Waals surface area (Å²) in [6, 6.07) is 5.36. The highest BCUT2D eigenvalue weighted by Gasteiger charge is 2.09. The smallest absolute Gasteiger partial charge is 0.132 e. The van der Waals surface area contributed by atoms with Crippen LogP contribution in [0.25, 0.3) is 0 Å². The van der Waals surface area contributed by atoms with Crippen LogP contribution in [0.15, 0.2) is 12.1 Å². The Morgan fingerprint density at radius 3 is 2.83 bits per heavy atom. The Labute approximate surface area is 113 Å². The molecule has 0 aliphatic carbocycles. The molecule has 2 heterocycles. The second-order valence-corrected chi connectivity index (χ2v) is 4.89. The number of nitrogens with zero attached hydrogens (tertiary/aromatic N) is 3. The van der Waals surface area contributed by atoms with Gasteiger partial charge in [0.15, 0.2) is 0 Å². The Bertz CT molecular complexity index is 435. The molecule has 0 amide bonds. The lowest BCUT2D eigenvalue weighted by Gasteiger charge is -2.26. The van der Waals surface area contributed by atoms with Crippen molar-refractivity contribution in [3.63, 3.8) is 0 Å². The predicted molar refractivity (Wildman–Crippen MR) is 72.7 cm³/mol. The summed E-state index contributed by atoms with van der Waals surface area (Å²) in [6.45, 7) is 4.22. The number of rotatable bonds is 4. The van der Waals surface area contributed by atoms with E-state index in [0.717, 1.165) is 13.1 Å². The number of anilines is 1. The van der Waals surface area contributed by atoms with Gasteiger partial charge >= 0.3 is 0 Å². The van der Waals surface area contributed by atoms with Crippen molar-refractivity contribution in [1.29, 1.82) is 5.26 Å². The summed E-state index contributed by atoms with van der Waals surface area (Å²) in [4.78, 5) is 6.60. The molecule has 1 aromatic heterocycles. The first-order chi connectivity index (χ1) is 8.78. The SMILES string of the molecule is N#Cc1cc(Cl)nc(NCCN2CCCCC2)c1. The van der Waals surface area contributed by atoms with E-state index in [9.17, 15) is 0 Å². The van der Waals surface area contributed by atoms with Crippen molar-refractivity contribution in [1.82, 2.24) is 9.88 Å². The van der Waals surface area contributed by atoms with Crippen LogP contribution in [0.5, 0.6) is 0 Å². The third kappa shape index (κ3) is 3.86. The lowest BCUT2D eigenvalue weighted by atomic mass is 10.1. The fourth-order valence-corrected chi connectivity index (χ4v) is 2.39. The van der Waals surface area contributed by atoms with Crippen LogP contribution in [0.3, 0.4) is 0 Å². The number of aromatic nitrogens is 1. The van der Waals surface area contributed by atoms with Crippen LogP contribution in [-0.2, 0) is 0 Å². The van der Waals surface area contributed by atoms with Gasteiger partial charge in [-0.3, -0.25) is 0 Å². The van der Waals surface area contributed by atoms with Crippen LogP contribution in [0.4, 0.5) is 5.82 Å². The molecule has 0 bridgehead atoms. The zero-order valence-corrected chi connectivity index (χ0v) is 11.1. The molecule has 0 atom stereocenters. The zero-order valence-electron chi connectivity index (χ0n) is 10.3. The van der Waals surface area contributed by atoms with Crippen molar-refractivity contribution in [2.45, 2.75) is 19.3 Å². The summed E-state index contributed by atoms with van der Waals surface area (Å²) < 4.78 is 0. The molecule has 1 N–H and O–H groups in total. The van der Waals surface area contributed by atoms with Gasteiger partial charge in [-0.1, -0.05) is 18.0 Å². The van der Waals surface area contributed by atoms with Gasteiger partial charge < -0.3 is 10.2 Å². The molecule has 1 aliphatic rings. The Hall–Kier alpha value is -1.31. The molecular formula is C13H17ClN4. The third-order valence-electron chi connectivity index (χ3n) is 3.11. The van der Waals surface area contributed by atoms with Gasteiger partial charge in [-0.15, -0.1) is 0 Å².